The van der Waals surface area contributed by atoms with Gasteiger partial charge in [-0.25, -0.2) is 0 Å². The third-order valence-electron chi connectivity index (χ3n) is 1.95. The monoisotopic (exact) mass is 228 g/mol. The summed E-state index contributed by atoms with van der Waals surface area (Å²) >= 11 is 0. The molecule has 5 heteroatoms. The summed E-state index contributed by atoms with van der Waals surface area (Å²) < 4.78 is 5.04. The molecule has 3 N–H and O–H groups in total. The molecule has 4 nitrogen and oxygen atoms in total. The average Bonchev–Trinajstić information content (AvgIpc) is 2.17. The van der Waals surface area contributed by atoms with Gasteiger partial charge in [-0.05, 0) is 12.1 Å². The van der Waals surface area contributed by atoms with Gasteiger partial charge in [-0.15, -0.1) is 12.4 Å². The van der Waals surface area contributed by atoms with E-state index >= 15 is 0 Å². The number of rotatable bonds is 3. The van der Waals surface area contributed by atoms with Gasteiger partial charge in [-0.1, -0.05) is 6.07 Å². The summed E-state index contributed by atoms with van der Waals surface area (Å²) in [6.45, 7) is 0. The Morgan fingerprint density at radius 2 is 2.27 bits per heavy atom. The molecule has 82 valence electrons. The van der Waals surface area contributed by atoms with Crippen LogP contribution in [0.3, 0.4) is 0 Å². The number of aromatic hydroxyl groups is 1. The lowest BCUT2D eigenvalue weighted by Crippen LogP contribution is -2.10. The largest absolute Gasteiger partial charge is 0.507 e. The number of nitriles is 1. The highest BCUT2D eigenvalue weighted by Gasteiger charge is 2.15. The standard InChI is InChI=1S/C10H12N2O2.ClH/c1-14-9-4-2-3-8(13)10(9)7(12)5-6-11;/h2-4,7,13H,5,12H2,1H3;1H/t7-;/m0./s1. The van der Waals surface area contributed by atoms with Gasteiger partial charge in [0.05, 0.1) is 31.2 Å². The van der Waals surface area contributed by atoms with Crippen molar-refractivity contribution in [1.29, 1.82) is 5.26 Å². The van der Waals surface area contributed by atoms with E-state index in [1.165, 1.54) is 13.2 Å². The number of phenols is 1. The Kier molecular flexibility index (Phi) is 5.53. The summed E-state index contributed by atoms with van der Waals surface area (Å²) in [5, 5.41) is 18.1. The fourth-order valence-electron chi connectivity index (χ4n) is 1.28. The van der Waals surface area contributed by atoms with Crippen LogP contribution < -0.4 is 10.5 Å². The van der Waals surface area contributed by atoms with E-state index in [2.05, 4.69) is 0 Å². The maximum absolute atomic E-state index is 9.55. The molecule has 15 heavy (non-hydrogen) atoms. The SMILES string of the molecule is COc1cccc(O)c1[C@@H](N)CC#N.Cl. The Hall–Kier alpha value is -1.44. The van der Waals surface area contributed by atoms with Crippen molar-refractivity contribution in [2.45, 2.75) is 12.5 Å². The maximum Gasteiger partial charge on any atom is 0.127 e. The van der Waals surface area contributed by atoms with Gasteiger partial charge in [0.2, 0.25) is 0 Å². The van der Waals surface area contributed by atoms with Gasteiger partial charge >= 0.3 is 0 Å². The molecule has 0 bridgehead atoms. The van der Waals surface area contributed by atoms with E-state index < -0.39 is 6.04 Å². The van der Waals surface area contributed by atoms with Crippen LogP contribution in [-0.4, -0.2) is 12.2 Å². The summed E-state index contributed by atoms with van der Waals surface area (Å²) in [7, 11) is 1.50. The normalized spacial score (nSPS) is 11.0. The van der Waals surface area contributed by atoms with Crippen LogP contribution in [0, 0.1) is 11.3 Å². The van der Waals surface area contributed by atoms with E-state index in [0.29, 0.717) is 11.3 Å². The number of hydrogen-bond donors (Lipinski definition) is 2. The van der Waals surface area contributed by atoms with E-state index in [0.717, 1.165) is 0 Å². The van der Waals surface area contributed by atoms with Crippen LogP contribution in [0.1, 0.15) is 18.0 Å². The van der Waals surface area contributed by atoms with Crippen LogP contribution in [0.2, 0.25) is 0 Å². The Morgan fingerprint density at radius 3 is 2.80 bits per heavy atom. The predicted molar refractivity (Wildman–Crippen MR) is 59.1 cm³/mol. The molecule has 1 aromatic carbocycles. The number of ether oxygens (including phenoxy) is 1. The van der Waals surface area contributed by atoms with Crippen LogP contribution >= 0.6 is 12.4 Å². The van der Waals surface area contributed by atoms with Gasteiger partial charge in [-0.3, -0.25) is 0 Å². The lowest BCUT2D eigenvalue weighted by molar-refractivity contribution is 0.394. The number of hydrogen-bond acceptors (Lipinski definition) is 4. The second-order valence-corrected chi connectivity index (χ2v) is 2.86. The minimum atomic E-state index is -0.517. The summed E-state index contributed by atoms with van der Waals surface area (Å²) in [5.74, 6) is 0.569. The van der Waals surface area contributed by atoms with E-state index in [-0.39, 0.29) is 24.6 Å². The third kappa shape index (κ3) is 3.01. The molecule has 0 saturated carbocycles. The van der Waals surface area contributed by atoms with Gasteiger partial charge in [0.15, 0.2) is 0 Å². The number of nitrogens with two attached hydrogens (primary N) is 1. The zero-order chi connectivity index (χ0) is 10.6. The number of phenolic OH excluding ortho intramolecular Hbond substituents is 1. The van der Waals surface area contributed by atoms with Crippen molar-refractivity contribution in [3.63, 3.8) is 0 Å². The fourth-order valence-corrected chi connectivity index (χ4v) is 1.28. The number of methoxy groups -OCH3 is 1. The highest BCUT2D eigenvalue weighted by atomic mass is 35.5. The van der Waals surface area contributed by atoms with E-state index in [4.69, 9.17) is 15.7 Å². The molecule has 0 aliphatic heterocycles. The summed E-state index contributed by atoms with van der Waals surface area (Å²) in [5.41, 5.74) is 6.20. The van der Waals surface area contributed by atoms with Crippen LogP contribution in [-0.2, 0) is 0 Å². The summed E-state index contributed by atoms with van der Waals surface area (Å²) in [6, 6.07) is 6.32. The van der Waals surface area contributed by atoms with Crippen molar-refractivity contribution < 1.29 is 9.84 Å². The molecule has 1 aromatic rings. The van der Waals surface area contributed by atoms with Crippen LogP contribution in [0.4, 0.5) is 0 Å². The first-order chi connectivity index (χ1) is 6.70. The molecule has 0 aromatic heterocycles. The Morgan fingerprint density at radius 1 is 1.60 bits per heavy atom. The quantitative estimate of drug-likeness (QED) is 0.826. The molecule has 0 aliphatic carbocycles. The third-order valence-corrected chi connectivity index (χ3v) is 1.95. The Balaban J connectivity index is 0.00000196. The fraction of sp³-hybridized carbons (Fsp3) is 0.300. The van der Waals surface area contributed by atoms with Crippen molar-refractivity contribution >= 4 is 12.4 Å². The molecule has 0 radical (unpaired) electrons. The first-order valence-corrected chi connectivity index (χ1v) is 4.19. The Labute approximate surface area is 94.7 Å². The zero-order valence-corrected chi connectivity index (χ0v) is 9.12. The molecule has 0 fully saturated rings. The van der Waals surface area contributed by atoms with Crippen molar-refractivity contribution in [1.82, 2.24) is 0 Å². The lowest BCUT2D eigenvalue weighted by atomic mass is 10.0. The second-order valence-electron chi connectivity index (χ2n) is 2.86. The van der Waals surface area contributed by atoms with Crippen molar-refractivity contribution in [2.75, 3.05) is 7.11 Å². The highest BCUT2D eigenvalue weighted by Crippen LogP contribution is 2.33. The van der Waals surface area contributed by atoms with Crippen LogP contribution in [0.25, 0.3) is 0 Å². The lowest BCUT2D eigenvalue weighted by Gasteiger charge is -2.14. The van der Waals surface area contributed by atoms with Crippen molar-refractivity contribution in [3.8, 4) is 17.6 Å². The van der Waals surface area contributed by atoms with E-state index in [1.807, 2.05) is 6.07 Å². The molecular formula is C10H13ClN2O2. The zero-order valence-electron chi connectivity index (χ0n) is 8.30. The van der Waals surface area contributed by atoms with Gasteiger partial charge in [0.25, 0.3) is 0 Å². The molecule has 1 atom stereocenters. The maximum atomic E-state index is 9.55. The number of benzene rings is 1. The van der Waals surface area contributed by atoms with Crippen LogP contribution in [0.15, 0.2) is 18.2 Å². The molecule has 0 heterocycles. The highest BCUT2D eigenvalue weighted by molar-refractivity contribution is 5.85. The van der Waals surface area contributed by atoms with Gasteiger partial charge in [0, 0.05) is 0 Å². The average molecular weight is 229 g/mol. The van der Waals surface area contributed by atoms with E-state index in [1.54, 1.807) is 12.1 Å². The summed E-state index contributed by atoms with van der Waals surface area (Å²) in [4.78, 5) is 0. The minimum Gasteiger partial charge on any atom is -0.507 e. The smallest absolute Gasteiger partial charge is 0.127 e. The van der Waals surface area contributed by atoms with Gasteiger partial charge in [-0.2, -0.15) is 5.26 Å². The van der Waals surface area contributed by atoms with E-state index in [9.17, 15) is 5.11 Å². The minimum absolute atomic E-state index is 0. The van der Waals surface area contributed by atoms with Gasteiger partial charge in [0.1, 0.15) is 11.5 Å². The number of nitrogens with zero attached hydrogens (tertiary/aromatic N) is 1. The molecule has 0 saturated heterocycles. The topological polar surface area (TPSA) is 79.3 Å². The summed E-state index contributed by atoms with van der Waals surface area (Å²) in [6.07, 6.45) is 0.147. The first kappa shape index (κ1) is 13.6. The molecule has 1 rings (SSSR count). The van der Waals surface area contributed by atoms with Crippen molar-refractivity contribution in [3.05, 3.63) is 23.8 Å². The molecule has 0 unspecified atom stereocenters. The molecule has 0 amide bonds. The first-order valence-electron chi connectivity index (χ1n) is 4.19. The molecule has 0 spiro atoms. The molecule has 0 aliphatic rings. The van der Waals surface area contributed by atoms with Crippen molar-refractivity contribution in [2.24, 2.45) is 5.73 Å². The second kappa shape index (κ2) is 6.12. The Bertz CT molecular complexity index is 363. The van der Waals surface area contributed by atoms with Gasteiger partial charge < -0.3 is 15.6 Å². The number of halogens is 1. The van der Waals surface area contributed by atoms with Crippen LogP contribution in [0.5, 0.6) is 11.5 Å². The molecular weight excluding hydrogens is 216 g/mol. The predicted octanol–water partition coefficient (Wildman–Crippen LogP) is 1.74.